The Balaban J connectivity index is 1.58. The monoisotopic (exact) mass is 498 g/mol. The van der Waals surface area contributed by atoms with Gasteiger partial charge in [0, 0.05) is 12.3 Å². The third-order valence-corrected chi connectivity index (χ3v) is 8.17. The smallest absolute Gasteiger partial charge is 0.264 e. The molecule has 0 aliphatic carbocycles. The molecule has 0 atom stereocenters. The molecule has 0 unspecified atom stereocenters. The van der Waals surface area contributed by atoms with Crippen molar-refractivity contribution in [1.29, 1.82) is 0 Å². The summed E-state index contributed by atoms with van der Waals surface area (Å²) in [5, 5.41) is 2.86. The van der Waals surface area contributed by atoms with Crippen LogP contribution in [0.1, 0.15) is 17.5 Å². The Morgan fingerprint density at radius 2 is 1.65 bits per heavy atom. The van der Waals surface area contributed by atoms with Crippen molar-refractivity contribution in [3.63, 3.8) is 0 Å². The van der Waals surface area contributed by atoms with Crippen LogP contribution in [0, 0.1) is 6.92 Å². The van der Waals surface area contributed by atoms with Crippen LogP contribution >= 0.6 is 11.8 Å². The maximum absolute atomic E-state index is 13.3. The Kier molecular flexibility index (Phi) is 9.42. The molecule has 8 heteroatoms. The highest BCUT2D eigenvalue weighted by Gasteiger charge is 2.27. The van der Waals surface area contributed by atoms with Gasteiger partial charge in [-0.05, 0) is 66.6 Å². The van der Waals surface area contributed by atoms with Crippen LogP contribution in [0.4, 0.5) is 5.69 Å². The summed E-state index contributed by atoms with van der Waals surface area (Å²) in [5.41, 5.74) is 2.99. The van der Waals surface area contributed by atoms with Gasteiger partial charge in [0.15, 0.2) is 0 Å². The third-order valence-electron chi connectivity index (χ3n) is 5.29. The lowest BCUT2D eigenvalue weighted by Crippen LogP contribution is -2.41. The normalized spacial score (nSPS) is 11.1. The van der Waals surface area contributed by atoms with Crippen molar-refractivity contribution in [1.82, 2.24) is 5.32 Å². The number of carbonyl (C=O) groups is 1. The summed E-state index contributed by atoms with van der Waals surface area (Å²) < 4.78 is 32.9. The van der Waals surface area contributed by atoms with Gasteiger partial charge in [0.25, 0.3) is 10.0 Å². The highest BCUT2D eigenvalue weighted by atomic mass is 32.2. The lowest BCUT2D eigenvalue weighted by atomic mass is 10.1. The summed E-state index contributed by atoms with van der Waals surface area (Å²) in [4.78, 5) is 12.8. The largest absolute Gasteiger partial charge is 0.497 e. The molecule has 3 rings (SSSR count). The van der Waals surface area contributed by atoms with Crippen molar-refractivity contribution in [2.75, 3.05) is 30.3 Å². The summed E-state index contributed by atoms with van der Waals surface area (Å²) >= 11 is 1.82. The molecule has 0 aliphatic rings. The predicted molar refractivity (Wildman–Crippen MR) is 139 cm³/mol. The van der Waals surface area contributed by atoms with E-state index in [4.69, 9.17) is 4.74 Å². The minimum atomic E-state index is -3.92. The fourth-order valence-electron chi connectivity index (χ4n) is 3.33. The van der Waals surface area contributed by atoms with Crippen molar-refractivity contribution < 1.29 is 17.9 Å². The number of hydrogen-bond donors (Lipinski definition) is 1. The lowest BCUT2D eigenvalue weighted by molar-refractivity contribution is -0.119. The summed E-state index contributed by atoms with van der Waals surface area (Å²) in [6, 6.07) is 23.0. The summed E-state index contributed by atoms with van der Waals surface area (Å²) in [6.07, 6.45) is 0.802. The molecule has 0 saturated carbocycles. The highest BCUT2D eigenvalue weighted by Crippen LogP contribution is 2.25. The van der Waals surface area contributed by atoms with E-state index in [-0.39, 0.29) is 17.3 Å². The van der Waals surface area contributed by atoms with Gasteiger partial charge in [0.2, 0.25) is 5.91 Å². The van der Waals surface area contributed by atoms with Gasteiger partial charge in [-0.25, -0.2) is 8.42 Å². The van der Waals surface area contributed by atoms with Crippen LogP contribution in [0.5, 0.6) is 5.75 Å². The first-order valence-electron chi connectivity index (χ1n) is 11.0. The first kappa shape index (κ1) is 25.6. The quantitative estimate of drug-likeness (QED) is 0.368. The van der Waals surface area contributed by atoms with E-state index in [2.05, 4.69) is 24.4 Å². The van der Waals surface area contributed by atoms with Gasteiger partial charge in [0.1, 0.15) is 12.3 Å². The molecule has 0 fully saturated rings. The number of ether oxygens (including phenoxy) is 1. The summed E-state index contributed by atoms with van der Waals surface area (Å²) in [5.74, 6) is 2.09. The minimum Gasteiger partial charge on any atom is -0.497 e. The molecule has 0 heterocycles. The number of benzene rings is 3. The van der Waals surface area contributed by atoms with Crippen LogP contribution in [0.2, 0.25) is 0 Å². The summed E-state index contributed by atoms with van der Waals surface area (Å²) in [7, 11) is -2.37. The molecule has 3 aromatic carbocycles. The maximum Gasteiger partial charge on any atom is 0.264 e. The second-order valence-electron chi connectivity index (χ2n) is 7.71. The van der Waals surface area contributed by atoms with Gasteiger partial charge in [-0.1, -0.05) is 42.5 Å². The van der Waals surface area contributed by atoms with Crippen molar-refractivity contribution in [2.45, 2.75) is 24.0 Å². The van der Waals surface area contributed by atoms with Gasteiger partial charge in [-0.3, -0.25) is 9.10 Å². The molecular formula is C26H30N2O4S2. The zero-order valence-corrected chi connectivity index (χ0v) is 21.1. The van der Waals surface area contributed by atoms with E-state index in [0.29, 0.717) is 18.0 Å². The fourth-order valence-corrected chi connectivity index (χ4v) is 5.80. The predicted octanol–water partition coefficient (Wildman–Crippen LogP) is 4.64. The Bertz CT molecular complexity index is 1170. The maximum atomic E-state index is 13.3. The van der Waals surface area contributed by atoms with Gasteiger partial charge in [0.05, 0.1) is 17.7 Å². The molecule has 0 saturated heterocycles. The number of aryl methyl sites for hydroxylation is 1. The molecule has 6 nitrogen and oxygen atoms in total. The van der Waals surface area contributed by atoms with Gasteiger partial charge < -0.3 is 10.1 Å². The van der Waals surface area contributed by atoms with E-state index in [1.165, 1.54) is 23.3 Å². The Morgan fingerprint density at radius 3 is 2.32 bits per heavy atom. The number of nitrogens with one attached hydrogen (secondary N) is 1. The lowest BCUT2D eigenvalue weighted by Gasteiger charge is -2.24. The van der Waals surface area contributed by atoms with E-state index in [0.717, 1.165) is 22.2 Å². The van der Waals surface area contributed by atoms with E-state index in [9.17, 15) is 13.2 Å². The van der Waals surface area contributed by atoms with Crippen LogP contribution in [-0.4, -0.2) is 40.3 Å². The standard InChI is InChI=1S/C26H30N2O4S2/c1-21-9-6-7-10-22(21)20-33-18-8-17-27-26(29)19-28(23-13-15-24(32-2)16-14-23)34(30,31)25-11-4-3-5-12-25/h3-7,9-16H,8,17-20H2,1-2H3,(H,27,29). The number of hydrogen-bond acceptors (Lipinski definition) is 5. The SMILES string of the molecule is COc1ccc(N(CC(=O)NCCCSCc2ccccc2C)S(=O)(=O)c2ccccc2)cc1. The van der Waals surface area contributed by atoms with E-state index < -0.39 is 10.0 Å². The molecular weight excluding hydrogens is 468 g/mol. The van der Waals surface area contributed by atoms with Crippen LogP contribution in [0.15, 0.2) is 83.8 Å². The zero-order chi connectivity index (χ0) is 24.4. The molecule has 1 N–H and O–H groups in total. The Morgan fingerprint density at radius 1 is 0.971 bits per heavy atom. The van der Waals surface area contributed by atoms with Crippen LogP contribution in [-0.2, 0) is 20.6 Å². The van der Waals surface area contributed by atoms with Crippen LogP contribution in [0.3, 0.4) is 0 Å². The minimum absolute atomic E-state index is 0.131. The van der Waals surface area contributed by atoms with Crippen LogP contribution < -0.4 is 14.4 Å². The first-order valence-corrected chi connectivity index (χ1v) is 13.6. The number of carbonyl (C=O) groups excluding carboxylic acids is 1. The van der Waals surface area contributed by atoms with E-state index in [1.807, 2.05) is 23.9 Å². The van der Waals surface area contributed by atoms with Gasteiger partial charge in [-0.2, -0.15) is 11.8 Å². The number of thioether (sulfide) groups is 1. The molecule has 0 aromatic heterocycles. The molecule has 3 aromatic rings. The number of nitrogens with zero attached hydrogens (tertiary/aromatic N) is 1. The molecule has 0 aliphatic heterocycles. The van der Waals surface area contributed by atoms with Crippen molar-refractivity contribution in [3.8, 4) is 5.75 Å². The molecule has 1 amide bonds. The van der Waals surface area contributed by atoms with Crippen molar-refractivity contribution in [2.24, 2.45) is 0 Å². The topological polar surface area (TPSA) is 75.7 Å². The van der Waals surface area contributed by atoms with Gasteiger partial charge >= 0.3 is 0 Å². The average molecular weight is 499 g/mol. The number of anilines is 1. The van der Waals surface area contributed by atoms with E-state index in [1.54, 1.807) is 49.6 Å². The number of sulfonamides is 1. The zero-order valence-electron chi connectivity index (χ0n) is 19.4. The fraction of sp³-hybridized carbons (Fsp3) is 0.269. The van der Waals surface area contributed by atoms with Crippen molar-refractivity contribution >= 4 is 33.4 Å². The molecule has 0 bridgehead atoms. The first-order chi connectivity index (χ1) is 16.4. The molecule has 0 spiro atoms. The average Bonchev–Trinajstić information content (AvgIpc) is 2.86. The number of methoxy groups -OCH3 is 1. The Hall–Kier alpha value is -2.97. The number of rotatable bonds is 12. The Labute approximate surface area is 206 Å². The second-order valence-corrected chi connectivity index (χ2v) is 10.7. The molecule has 0 radical (unpaired) electrons. The number of amides is 1. The highest BCUT2D eigenvalue weighted by molar-refractivity contribution is 7.98. The van der Waals surface area contributed by atoms with Crippen molar-refractivity contribution in [3.05, 3.63) is 90.0 Å². The second kappa shape index (κ2) is 12.5. The van der Waals surface area contributed by atoms with Gasteiger partial charge in [-0.15, -0.1) is 0 Å². The van der Waals surface area contributed by atoms with Crippen LogP contribution in [0.25, 0.3) is 0 Å². The molecule has 34 heavy (non-hydrogen) atoms. The van der Waals surface area contributed by atoms with E-state index >= 15 is 0 Å². The third kappa shape index (κ3) is 7.01. The molecule has 180 valence electrons. The summed E-state index contributed by atoms with van der Waals surface area (Å²) in [6.45, 7) is 2.29.